The van der Waals surface area contributed by atoms with Gasteiger partial charge in [0, 0.05) is 10.4 Å². The van der Waals surface area contributed by atoms with E-state index in [0.717, 1.165) is 11.5 Å². The first-order valence-corrected chi connectivity index (χ1v) is 34.5. The van der Waals surface area contributed by atoms with E-state index in [2.05, 4.69) is 224 Å². The molecule has 68 heavy (non-hydrogen) atoms. The normalized spacial score (nSPS) is 15.0. The van der Waals surface area contributed by atoms with Crippen molar-refractivity contribution in [2.75, 3.05) is 25.0 Å². The molecule has 0 amide bonds. The second kappa shape index (κ2) is 20.7. The molecule has 12 heteroatoms. The van der Waals surface area contributed by atoms with Crippen LogP contribution >= 0.6 is 94.1 Å². The van der Waals surface area contributed by atoms with Crippen molar-refractivity contribution in [2.45, 2.75) is 51.6 Å². The van der Waals surface area contributed by atoms with Gasteiger partial charge in [0.15, 0.2) is 0 Å². The fourth-order valence-corrected chi connectivity index (χ4v) is 28.7. The fraction of sp³-hybridized carbons (Fsp3) is 0.214. The van der Waals surface area contributed by atoms with Crippen LogP contribution in [0.25, 0.3) is 30.0 Å². The van der Waals surface area contributed by atoms with Gasteiger partial charge in [0.05, 0.1) is 25.4 Å². The van der Waals surface area contributed by atoms with Gasteiger partial charge in [-0.05, 0) is 102 Å². The van der Waals surface area contributed by atoms with Crippen molar-refractivity contribution >= 4 is 161 Å². The first kappa shape index (κ1) is 50.1. The van der Waals surface area contributed by atoms with Gasteiger partial charge in [0.25, 0.3) is 0 Å². The number of rotatable bonds is 12. The Balaban J connectivity index is 1.37. The first-order valence-electron chi connectivity index (χ1n) is 22.5. The van der Waals surface area contributed by atoms with E-state index in [4.69, 9.17) is 8.85 Å². The van der Waals surface area contributed by atoms with E-state index in [0.29, 0.717) is 0 Å². The van der Waals surface area contributed by atoms with Gasteiger partial charge >= 0.3 is 16.6 Å². The van der Waals surface area contributed by atoms with E-state index in [-0.39, 0.29) is 10.1 Å². The van der Waals surface area contributed by atoms with Gasteiger partial charge in [-0.1, -0.05) is 222 Å². The van der Waals surface area contributed by atoms with Gasteiger partial charge in [-0.15, -0.1) is 47.0 Å². The van der Waals surface area contributed by atoms with Crippen LogP contribution in [0.1, 0.15) is 41.5 Å². The zero-order chi connectivity index (χ0) is 47.8. The summed E-state index contributed by atoms with van der Waals surface area (Å²) in [6.45, 7) is 14.1. The number of fused-ring (bicyclic) bond motifs is 2. The number of hydrogen-bond acceptors (Lipinski definition) is 10. The Labute approximate surface area is 439 Å². The van der Waals surface area contributed by atoms with Gasteiger partial charge in [-0.2, -0.15) is 0 Å². The number of benzene rings is 7. The molecule has 0 aromatic heterocycles. The molecule has 0 N–H and O–H groups in total. The predicted molar refractivity (Wildman–Crippen MR) is 322 cm³/mol. The van der Waals surface area contributed by atoms with E-state index in [1.807, 2.05) is 94.1 Å². The molecular weight excluding hydrogens is 1020 g/mol. The smallest absolute Gasteiger partial charge is 0.319 e. The van der Waals surface area contributed by atoms with E-state index < -0.39 is 16.6 Å². The summed E-state index contributed by atoms with van der Waals surface area (Å²) in [6, 6.07) is 58.0. The summed E-state index contributed by atoms with van der Waals surface area (Å²) in [5.74, 6) is 1.79. The van der Waals surface area contributed by atoms with Gasteiger partial charge in [0.1, 0.15) is 11.5 Å². The lowest BCUT2D eigenvalue weighted by Gasteiger charge is -2.43. The van der Waals surface area contributed by atoms with Crippen LogP contribution in [0.3, 0.4) is 0 Å². The molecule has 0 saturated carbocycles. The maximum Gasteiger partial charge on any atom is 0.319 e. The molecule has 7 aromatic carbocycles. The summed E-state index contributed by atoms with van der Waals surface area (Å²) >= 11 is 15.0. The second-order valence-corrected chi connectivity index (χ2v) is 36.0. The molecule has 0 saturated heterocycles. The van der Waals surface area contributed by atoms with E-state index in [9.17, 15) is 0 Å². The van der Waals surface area contributed by atoms with Crippen molar-refractivity contribution in [3.05, 3.63) is 185 Å². The summed E-state index contributed by atoms with van der Waals surface area (Å²) < 4.78 is 23.7. The molecule has 0 fully saturated rings. The summed E-state index contributed by atoms with van der Waals surface area (Å²) in [7, 11) is -5.91. The molecule has 0 radical (unpaired) electrons. The molecule has 0 spiro atoms. The molecule has 2 aliphatic rings. The second-order valence-electron chi connectivity index (χ2n) is 18.6. The Hall–Kier alpha value is -2.89. The third kappa shape index (κ3) is 9.15. The van der Waals surface area contributed by atoms with Crippen LogP contribution in [0.5, 0.6) is 11.5 Å². The Bertz CT molecular complexity index is 2860. The third-order valence-corrected chi connectivity index (χ3v) is 33.0. The Kier molecular flexibility index (Phi) is 15.2. The SMILES string of the molecule is CSC1=C(SC)SC(=c2c3ccc(O[Si](c4ccccc4)(c4ccccc4)C(C)(C)C)cc3c(=C3SC(SC)=C(SC)S3)c3ccc(O[Si](c4ccccc4)(c4ccccc4)C(C)(C)C)cc23)S1. The van der Waals surface area contributed by atoms with E-state index >= 15 is 0 Å². The molecule has 2 nitrogen and oxygen atoms in total. The lowest BCUT2D eigenvalue weighted by Crippen LogP contribution is -2.68. The lowest BCUT2D eigenvalue weighted by atomic mass is 9.98. The molecule has 0 atom stereocenters. The molecule has 9 rings (SSSR count). The lowest BCUT2D eigenvalue weighted by molar-refractivity contribution is 0.508. The van der Waals surface area contributed by atoms with Crippen molar-refractivity contribution in [1.82, 2.24) is 0 Å². The average molecular weight is 1070 g/mol. The average Bonchev–Trinajstić information content (AvgIpc) is 3.98. The Morgan fingerprint density at radius 2 is 0.618 bits per heavy atom. The summed E-state index contributed by atoms with van der Waals surface area (Å²) in [4.78, 5) is 0. The van der Waals surface area contributed by atoms with Crippen LogP contribution in [-0.2, 0) is 0 Å². The van der Waals surface area contributed by atoms with Crippen molar-refractivity contribution in [3.8, 4) is 11.5 Å². The van der Waals surface area contributed by atoms with Gasteiger partial charge in [0.2, 0.25) is 0 Å². The van der Waals surface area contributed by atoms with Crippen LogP contribution in [0.4, 0.5) is 0 Å². The van der Waals surface area contributed by atoms with Crippen LogP contribution < -0.4 is 40.0 Å². The van der Waals surface area contributed by atoms with Crippen LogP contribution in [0.15, 0.2) is 175 Å². The van der Waals surface area contributed by atoms with Crippen LogP contribution in [0.2, 0.25) is 10.1 Å². The van der Waals surface area contributed by atoms with Crippen molar-refractivity contribution < 1.29 is 8.85 Å². The minimum Gasteiger partial charge on any atom is -0.534 e. The largest absolute Gasteiger partial charge is 0.534 e. The highest BCUT2D eigenvalue weighted by Crippen LogP contribution is 2.58. The summed E-state index contributed by atoms with van der Waals surface area (Å²) in [5, 5.41) is 12.0. The van der Waals surface area contributed by atoms with E-state index in [1.165, 1.54) is 78.2 Å². The highest BCUT2D eigenvalue weighted by atomic mass is 32.3. The van der Waals surface area contributed by atoms with Crippen molar-refractivity contribution in [3.63, 3.8) is 0 Å². The maximum absolute atomic E-state index is 7.84. The quantitative estimate of drug-likeness (QED) is 0.0866. The minimum atomic E-state index is -2.95. The highest BCUT2D eigenvalue weighted by molar-refractivity contribution is 8.46. The molecule has 0 aliphatic carbocycles. The first-order chi connectivity index (χ1) is 32.8. The molecule has 0 bridgehead atoms. The number of hydrogen-bond donors (Lipinski definition) is 0. The standard InChI is InChI=1S/C56H56O2S8Si2/c1-55(2,3)67(39-23-15-11-16-24-39,40-25-17-12-18-26-40)57-37-31-33-43-45(35-37)47(49-63-51(59-7)52(60-8)64-49)44-34-32-38(36-46(44)48(43)50-65-53(61-9)54(62-10)66-50)58-68(56(4,5)6,41-27-19-13-20-28-41)42-29-21-14-22-30-42/h11-36H,1-10H3. The summed E-state index contributed by atoms with van der Waals surface area (Å²) in [6.07, 6.45) is 8.82. The fourth-order valence-electron chi connectivity index (χ4n) is 9.65. The van der Waals surface area contributed by atoms with Crippen molar-refractivity contribution in [2.24, 2.45) is 0 Å². The molecule has 0 unspecified atom stereocenters. The Morgan fingerprint density at radius 3 is 0.853 bits per heavy atom. The Morgan fingerprint density at radius 1 is 0.353 bits per heavy atom. The summed E-state index contributed by atoms with van der Waals surface area (Å²) in [5.41, 5.74) is 0. The van der Waals surface area contributed by atoms with Gasteiger partial charge in [-0.25, -0.2) is 0 Å². The van der Waals surface area contributed by atoms with Gasteiger partial charge in [-0.3, -0.25) is 0 Å². The number of thioether (sulfide) groups is 8. The monoisotopic (exact) mass is 1070 g/mol. The topological polar surface area (TPSA) is 18.5 Å². The van der Waals surface area contributed by atoms with E-state index in [1.54, 1.807) is 0 Å². The zero-order valence-corrected chi connectivity index (χ0v) is 48.6. The molecule has 7 aromatic rings. The molecule has 2 heterocycles. The molecular formula is C56H56O2S8Si2. The zero-order valence-electron chi connectivity index (χ0n) is 40.1. The predicted octanol–water partition coefficient (Wildman–Crippen LogP) is 14.7. The van der Waals surface area contributed by atoms with Crippen LogP contribution in [-0.4, -0.2) is 41.7 Å². The van der Waals surface area contributed by atoms with Gasteiger partial charge < -0.3 is 8.85 Å². The highest BCUT2D eigenvalue weighted by Gasteiger charge is 2.53. The van der Waals surface area contributed by atoms with Crippen molar-refractivity contribution in [1.29, 1.82) is 0 Å². The maximum atomic E-state index is 7.84. The molecule has 348 valence electrons. The molecule has 2 aliphatic heterocycles. The minimum absolute atomic E-state index is 0.194. The third-order valence-electron chi connectivity index (χ3n) is 12.7. The van der Waals surface area contributed by atoms with Crippen LogP contribution in [0, 0.1) is 0 Å².